The lowest BCUT2D eigenvalue weighted by Crippen LogP contribution is -2.29. The molecule has 5 nitrogen and oxygen atoms in total. The first-order chi connectivity index (χ1) is 13.6. The zero-order valence-corrected chi connectivity index (χ0v) is 16.2. The van der Waals surface area contributed by atoms with Crippen molar-refractivity contribution in [2.24, 2.45) is 0 Å². The average molecular weight is 388 g/mol. The van der Waals surface area contributed by atoms with Crippen LogP contribution in [0.15, 0.2) is 36.4 Å². The van der Waals surface area contributed by atoms with Crippen LogP contribution in [0.4, 0.5) is 4.39 Å². The van der Waals surface area contributed by atoms with Crippen LogP contribution < -0.4 is 14.2 Å². The molecule has 1 atom stereocenters. The molecule has 0 radical (unpaired) electrons. The van der Waals surface area contributed by atoms with Gasteiger partial charge in [-0.3, -0.25) is 4.79 Å². The highest BCUT2D eigenvalue weighted by atomic mass is 19.1. The monoisotopic (exact) mass is 388 g/mol. The Morgan fingerprint density at radius 2 is 2.04 bits per heavy atom. The van der Waals surface area contributed by atoms with Crippen LogP contribution in [0.2, 0.25) is 0 Å². The zero-order chi connectivity index (χ0) is 19.9. The first kappa shape index (κ1) is 20.0. The molecule has 0 saturated carbocycles. The summed E-state index contributed by atoms with van der Waals surface area (Å²) < 4.78 is 36.1. The topological polar surface area (TPSA) is 54.0 Å². The Kier molecular flexibility index (Phi) is 6.74. The molecule has 1 heterocycles. The fraction of sp³-hybridized carbons (Fsp3) is 0.409. The standard InChI is InChI=1S/C22H25FO5/c1-3-26-22(24)11-7-15-4-9-18(12-20(15)23)27-14-19-10-6-16-5-8-17(25-2)13-21(16)28-19/h4-5,8-9,12-13,19H,3,6-7,10-11,14H2,1-2H3. The molecule has 0 fully saturated rings. The van der Waals surface area contributed by atoms with E-state index in [0.29, 0.717) is 30.9 Å². The number of ether oxygens (including phenoxy) is 4. The SMILES string of the molecule is CCOC(=O)CCc1ccc(OCC2CCc3ccc(OC)cc3O2)cc1F. The van der Waals surface area contributed by atoms with Crippen molar-refractivity contribution in [2.45, 2.75) is 38.7 Å². The van der Waals surface area contributed by atoms with Gasteiger partial charge in [-0.2, -0.15) is 0 Å². The van der Waals surface area contributed by atoms with Gasteiger partial charge in [-0.1, -0.05) is 12.1 Å². The van der Waals surface area contributed by atoms with Gasteiger partial charge >= 0.3 is 5.97 Å². The molecule has 0 saturated heterocycles. The van der Waals surface area contributed by atoms with Crippen LogP contribution in [0.1, 0.15) is 30.9 Å². The lowest BCUT2D eigenvalue weighted by atomic mass is 10.0. The third kappa shape index (κ3) is 5.15. The van der Waals surface area contributed by atoms with E-state index < -0.39 is 0 Å². The first-order valence-corrected chi connectivity index (χ1v) is 9.49. The summed E-state index contributed by atoms with van der Waals surface area (Å²) in [6.45, 7) is 2.41. The Morgan fingerprint density at radius 3 is 2.79 bits per heavy atom. The van der Waals surface area contributed by atoms with Gasteiger partial charge in [0.05, 0.1) is 13.7 Å². The number of rotatable bonds is 8. The van der Waals surface area contributed by atoms with Crippen molar-refractivity contribution in [3.05, 3.63) is 53.3 Å². The maximum Gasteiger partial charge on any atom is 0.306 e. The largest absolute Gasteiger partial charge is 0.497 e. The molecule has 28 heavy (non-hydrogen) atoms. The summed E-state index contributed by atoms with van der Waals surface area (Å²) in [5, 5.41) is 0. The van der Waals surface area contributed by atoms with Crippen molar-refractivity contribution >= 4 is 5.97 Å². The van der Waals surface area contributed by atoms with E-state index in [1.165, 1.54) is 6.07 Å². The molecular weight excluding hydrogens is 363 g/mol. The quantitative estimate of drug-likeness (QED) is 0.637. The second-order valence-corrected chi connectivity index (χ2v) is 6.62. The Morgan fingerprint density at radius 1 is 1.21 bits per heavy atom. The van der Waals surface area contributed by atoms with Gasteiger partial charge in [0.1, 0.15) is 35.8 Å². The van der Waals surface area contributed by atoms with Gasteiger partial charge in [-0.15, -0.1) is 0 Å². The molecule has 2 aromatic rings. The molecule has 1 aliphatic rings. The Bertz CT molecular complexity index is 821. The number of esters is 1. The van der Waals surface area contributed by atoms with Crippen molar-refractivity contribution in [2.75, 3.05) is 20.3 Å². The Balaban J connectivity index is 1.53. The van der Waals surface area contributed by atoms with E-state index in [0.717, 1.165) is 29.9 Å². The number of hydrogen-bond acceptors (Lipinski definition) is 5. The van der Waals surface area contributed by atoms with E-state index >= 15 is 0 Å². The summed E-state index contributed by atoms with van der Waals surface area (Å²) in [5.41, 5.74) is 1.62. The number of carbonyl (C=O) groups is 1. The van der Waals surface area contributed by atoms with E-state index in [2.05, 4.69) is 0 Å². The Labute approximate surface area is 164 Å². The van der Waals surface area contributed by atoms with Crippen LogP contribution in [-0.4, -0.2) is 32.4 Å². The summed E-state index contributed by atoms with van der Waals surface area (Å²) in [7, 11) is 1.62. The molecule has 0 aromatic heterocycles. The maximum absolute atomic E-state index is 14.3. The van der Waals surface area contributed by atoms with Crippen LogP contribution in [0, 0.1) is 5.82 Å². The van der Waals surface area contributed by atoms with Crippen molar-refractivity contribution in [1.82, 2.24) is 0 Å². The van der Waals surface area contributed by atoms with Gasteiger partial charge in [-0.05, 0) is 49.4 Å². The highest BCUT2D eigenvalue weighted by molar-refractivity contribution is 5.69. The average Bonchev–Trinajstić information content (AvgIpc) is 2.71. The smallest absolute Gasteiger partial charge is 0.306 e. The number of benzene rings is 2. The Hall–Kier alpha value is -2.76. The predicted molar refractivity (Wildman–Crippen MR) is 103 cm³/mol. The summed E-state index contributed by atoms with van der Waals surface area (Å²) >= 11 is 0. The minimum atomic E-state index is -0.388. The van der Waals surface area contributed by atoms with E-state index in [9.17, 15) is 9.18 Å². The van der Waals surface area contributed by atoms with Gasteiger partial charge in [0.2, 0.25) is 0 Å². The minimum absolute atomic E-state index is 0.105. The lowest BCUT2D eigenvalue weighted by molar-refractivity contribution is -0.143. The normalized spacial score (nSPS) is 15.3. The summed E-state index contributed by atoms with van der Waals surface area (Å²) in [5.74, 6) is 1.29. The van der Waals surface area contributed by atoms with Gasteiger partial charge in [0.25, 0.3) is 0 Å². The summed E-state index contributed by atoms with van der Waals surface area (Å²) in [4.78, 5) is 11.4. The van der Waals surface area contributed by atoms with E-state index in [-0.39, 0.29) is 24.3 Å². The third-order valence-corrected chi connectivity index (χ3v) is 4.67. The first-order valence-electron chi connectivity index (χ1n) is 9.49. The molecule has 150 valence electrons. The van der Waals surface area contributed by atoms with Crippen molar-refractivity contribution < 1.29 is 28.1 Å². The number of hydrogen-bond donors (Lipinski definition) is 0. The number of carbonyl (C=O) groups excluding carboxylic acids is 1. The molecule has 0 N–H and O–H groups in total. The lowest BCUT2D eigenvalue weighted by Gasteiger charge is -2.26. The maximum atomic E-state index is 14.3. The molecule has 2 aromatic carbocycles. The second kappa shape index (κ2) is 9.44. The number of aryl methyl sites for hydroxylation is 2. The van der Waals surface area contributed by atoms with Crippen LogP contribution in [-0.2, 0) is 22.4 Å². The fourth-order valence-electron chi connectivity index (χ4n) is 3.13. The molecular formula is C22H25FO5. The highest BCUT2D eigenvalue weighted by Gasteiger charge is 2.21. The molecule has 6 heteroatoms. The zero-order valence-electron chi connectivity index (χ0n) is 16.2. The number of methoxy groups -OCH3 is 1. The van der Waals surface area contributed by atoms with Crippen LogP contribution >= 0.6 is 0 Å². The molecule has 0 aliphatic carbocycles. The van der Waals surface area contributed by atoms with Crippen molar-refractivity contribution in [1.29, 1.82) is 0 Å². The highest BCUT2D eigenvalue weighted by Crippen LogP contribution is 2.31. The van der Waals surface area contributed by atoms with Crippen molar-refractivity contribution in [3.8, 4) is 17.2 Å². The van der Waals surface area contributed by atoms with Crippen LogP contribution in [0.3, 0.4) is 0 Å². The van der Waals surface area contributed by atoms with Gasteiger partial charge in [-0.25, -0.2) is 4.39 Å². The number of fused-ring (bicyclic) bond motifs is 1. The number of halogens is 1. The molecule has 0 amide bonds. The fourth-order valence-corrected chi connectivity index (χ4v) is 3.13. The molecule has 0 spiro atoms. The van der Waals surface area contributed by atoms with Crippen LogP contribution in [0.5, 0.6) is 17.2 Å². The third-order valence-electron chi connectivity index (χ3n) is 4.67. The minimum Gasteiger partial charge on any atom is -0.497 e. The van der Waals surface area contributed by atoms with Crippen molar-refractivity contribution in [3.63, 3.8) is 0 Å². The molecule has 0 bridgehead atoms. The molecule has 3 rings (SSSR count). The summed E-state index contributed by atoms with van der Waals surface area (Å²) in [6, 6.07) is 10.5. The van der Waals surface area contributed by atoms with E-state index in [1.54, 1.807) is 26.2 Å². The van der Waals surface area contributed by atoms with Gasteiger partial charge in [0.15, 0.2) is 0 Å². The van der Waals surface area contributed by atoms with E-state index in [4.69, 9.17) is 18.9 Å². The van der Waals surface area contributed by atoms with Gasteiger partial charge in [0, 0.05) is 18.6 Å². The molecule has 1 aliphatic heterocycles. The van der Waals surface area contributed by atoms with Gasteiger partial charge < -0.3 is 18.9 Å². The molecule has 1 unspecified atom stereocenters. The van der Waals surface area contributed by atoms with Crippen LogP contribution in [0.25, 0.3) is 0 Å². The second-order valence-electron chi connectivity index (χ2n) is 6.62. The predicted octanol–water partition coefficient (Wildman–Crippen LogP) is 4.10. The van der Waals surface area contributed by atoms with E-state index in [1.807, 2.05) is 18.2 Å². The summed E-state index contributed by atoms with van der Waals surface area (Å²) in [6.07, 6.45) is 2.08.